The van der Waals surface area contributed by atoms with Gasteiger partial charge in [-0.05, 0) is 51.1 Å². The second-order valence-electron chi connectivity index (χ2n) is 7.12. The molecular weight excluding hydrogens is 350 g/mol. The Labute approximate surface area is 161 Å². The first-order valence-corrected chi connectivity index (χ1v) is 10.2. The fourth-order valence-corrected chi connectivity index (χ4v) is 2.80. The molecule has 0 aliphatic heterocycles. The van der Waals surface area contributed by atoms with Crippen LogP contribution in [0.15, 0.2) is 30.3 Å². The first-order chi connectivity index (χ1) is 12.4. The summed E-state index contributed by atoms with van der Waals surface area (Å²) in [4.78, 5) is 23.1. The second kappa shape index (κ2) is 12.6. The van der Waals surface area contributed by atoms with E-state index in [4.69, 9.17) is 9.47 Å². The number of carbonyl (C=O) groups is 2. The van der Waals surface area contributed by atoms with Crippen molar-refractivity contribution in [1.82, 2.24) is 4.72 Å². The van der Waals surface area contributed by atoms with Gasteiger partial charge in [0.25, 0.3) is 0 Å². The molecule has 5 nitrogen and oxygen atoms in total. The standard InChI is InChI=1S/C20H31NO4S/c1-20(2,3)25-19(23)21-26-15-11-6-4-5-10-14-18(22)24-16-17-12-8-7-9-13-17/h7-9,12-13H,4-6,10-11,14-16H2,1-3H3,(H,21,23). The molecule has 146 valence electrons. The summed E-state index contributed by atoms with van der Waals surface area (Å²) in [6, 6.07) is 9.71. The first kappa shape index (κ1) is 22.4. The van der Waals surface area contributed by atoms with Crippen molar-refractivity contribution < 1.29 is 19.1 Å². The number of hydrogen-bond acceptors (Lipinski definition) is 5. The Balaban J connectivity index is 1.90. The van der Waals surface area contributed by atoms with Crippen LogP contribution < -0.4 is 4.72 Å². The van der Waals surface area contributed by atoms with Crippen LogP contribution in [0.2, 0.25) is 0 Å². The van der Waals surface area contributed by atoms with E-state index in [1.165, 1.54) is 11.9 Å². The molecule has 0 aliphatic carbocycles. The monoisotopic (exact) mass is 381 g/mol. The van der Waals surface area contributed by atoms with Gasteiger partial charge in [0.05, 0.1) is 0 Å². The molecule has 1 aromatic rings. The van der Waals surface area contributed by atoms with Crippen LogP contribution in [0.4, 0.5) is 4.79 Å². The van der Waals surface area contributed by atoms with E-state index >= 15 is 0 Å². The SMILES string of the molecule is CC(C)(C)OC(=O)NSCCCCCCCC(=O)OCc1ccccc1. The minimum absolute atomic E-state index is 0.133. The van der Waals surface area contributed by atoms with Crippen molar-refractivity contribution in [1.29, 1.82) is 0 Å². The molecule has 0 radical (unpaired) electrons. The Morgan fingerprint density at radius 3 is 2.35 bits per heavy atom. The van der Waals surface area contributed by atoms with Crippen LogP contribution in [0.25, 0.3) is 0 Å². The average molecular weight is 382 g/mol. The van der Waals surface area contributed by atoms with Crippen molar-refractivity contribution in [2.24, 2.45) is 0 Å². The van der Waals surface area contributed by atoms with Gasteiger partial charge in [0.2, 0.25) is 0 Å². The Morgan fingerprint density at radius 1 is 1.00 bits per heavy atom. The zero-order valence-electron chi connectivity index (χ0n) is 16.1. The largest absolute Gasteiger partial charge is 0.461 e. The summed E-state index contributed by atoms with van der Waals surface area (Å²) in [7, 11) is 0. The van der Waals surface area contributed by atoms with Crippen LogP contribution in [0.3, 0.4) is 0 Å². The van der Waals surface area contributed by atoms with Crippen LogP contribution in [0.5, 0.6) is 0 Å². The number of hydrogen-bond donors (Lipinski definition) is 1. The molecule has 1 amide bonds. The van der Waals surface area contributed by atoms with Gasteiger partial charge in [-0.15, -0.1) is 0 Å². The molecule has 6 heteroatoms. The van der Waals surface area contributed by atoms with Gasteiger partial charge >= 0.3 is 12.1 Å². The number of unbranched alkanes of at least 4 members (excludes halogenated alkanes) is 4. The maximum absolute atomic E-state index is 11.7. The fraction of sp³-hybridized carbons (Fsp3) is 0.600. The number of nitrogens with one attached hydrogen (secondary N) is 1. The highest BCUT2D eigenvalue weighted by molar-refractivity contribution is 7.97. The van der Waals surface area contributed by atoms with Crippen molar-refractivity contribution in [3.05, 3.63) is 35.9 Å². The lowest BCUT2D eigenvalue weighted by Crippen LogP contribution is -2.29. The van der Waals surface area contributed by atoms with E-state index in [-0.39, 0.29) is 5.97 Å². The summed E-state index contributed by atoms with van der Waals surface area (Å²) in [6.07, 6.45) is 5.15. The Morgan fingerprint density at radius 2 is 1.65 bits per heavy atom. The summed E-state index contributed by atoms with van der Waals surface area (Å²) in [5, 5.41) is 0. The number of benzene rings is 1. The number of ether oxygens (including phenoxy) is 2. The third kappa shape index (κ3) is 12.6. The lowest BCUT2D eigenvalue weighted by molar-refractivity contribution is -0.145. The number of carbonyl (C=O) groups excluding carboxylic acids is 2. The number of esters is 1. The van der Waals surface area contributed by atoms with Crippen LogP contribution >= 0.6 is 11.9 Å². The lowest BCUT2D eigenvalue weighted by atomic mass is 10.1. The maximum Gasteiger partial charge on any atom is 0.417 e. The summed E-state index contributed by atoms with van der Waals surface area (Å²) < 4.78 is 13.1. The van der Waals surface area contributed by atoms with Crippen molar-refractivity contribution in [2.75, 3.05) is 5.75 Å². The zero-order chi connectivity index (χ0) is 19.3. The molecule has 1 rings (SSSR count). The van der Waals surface area contributed by atoms with Gasteiger partial charge in [-0.3, -0.25) is 9.52 Å². The first-order valence-electron chi connectivity index (χ1n) is 9.17. The minimum atomic E-state index is -0.465. The summed E-state index contributed by atoms with van der Waals surface area (Å²) in [5.41, 5.74) is 0.547. The third-order valence-corrected chi connectivity index (χ3v) is 4.23. The topological polar surface area (TPSA) is 64.6 Å². The fourth-order valence-electron chi connectivity index (χ4n) is 2.19. The van der Waals surface area contributed by atoms with Crippen molar-refractivity contribution in [2.45, 2.75) is 71.5 Å². The van der Waals surface area contributed by atoms with Gasteiger partial charge < -0.3 is 9.47 Å². The van der Waals surface area contributed by atoms with Crippen LogP contribution in [0, 0.1) is 0 Å². The molecule has 0 atom stereocenters. The normalized spacial score (nSPS) is 11.0. The molecule has 0 spiro atoms. The van der Waals surface area contributed by atoms with E-state index in [9.17, 15) is 9.59 Å². The molecule has 0 heterocycles. The Kier molecular flexibility index (Phi) is 10.9. The summed E-state index contributed by atoms with van der Waals surface area (Å²) >= 11 is 1.38. The van der Waals surface area contributed by atoms with Gasteiger partial charge in [-0.25, -0.2) is 4.79 Å². The Hall–Kier alpha value is -1.69. The lowest BCUT2D eigenvalue weighted by Gasteiger charge is -2.19. The number of amides is 1. The van der Waals surface area contributed by atoms with E-state index in [2.05, 4.69) is 4.72 Å². The molecule has 1 N–H and O–H groups in total. The highest BCUT2D eigenvalue weighted by atomic mass is 32.2. The predicted molar refractivity (Wildman–Crippen MR) is 106 cm³/mol. The molecule has 0 saturated carbocycles. The molecule has 0 aliphatic rings. The van der Waals surface area contributed by atoms with E-state index in [0.717, 1.165) is 43.4 Å². The third-order valence-electron chi connectivity index (χ3n) is 3.42. The van der Waals surface area contributed by atoms with E-state index < -0.39 is 11.7 Å². The van der Waals surface area contributed by atoms with Crippen LogP contribution in [0.1, 0.15) is 64.9 Å². The van der Waals surface area contributed by atoms with Gasteiger partial charge in [-0.1, -0.05) is 49.6 Å². The Bertz CT molecular complexity index is 528. The predicted octanol–water partition coefficient (Wildman–Crippen LogP) is 5.24. The van der Waals surface area contributed by atoms with Crippen LogP contribution in [-0.4, -0.2) is 23.4 Å². The zero-order valence-corrected chi connectivity index (χ0v) is 16.9. The van der Waals surface area contributed by atoms with E-state index in [1.54, 1.807) is 0 Å². The highest BCUT2D eigenvalue weighted by Gasteiger charge is 2.15. The molecule has 0 unspecified atom stereocenters. The molecule has 1 aromatic carbocycles. The second-order valence-corrected chi connectivity index (χ2v) is 8.02. The minimum Gasteiger partial charge on any atom is -0.461 e. The average Bonchev–Trinajstić information content (AvgIpc) is 2.58. The van der Waals surface area contributed by atoms with Gasteiger partial charge in [0.1, 0.15) is 12.2 Å². The highest BCUT2D eigenvalue weighted by Crippen LogP contribution is 2.11. The van der Waals surface area contributed by atoms with Gasteiger partial charge in [0.15, 0.2) is 0 Å². The molecule has 0 fully saturated rings. The maximum atomic E-state index is 11.7. The molecular formula is C20H31NO4S. The van der Waals surface area contributed by atoms with Gasteiger partial charge in [0, 0.05) is 12.2 Å². The molecule has 0 saturated heterocycles. The quantitative estimate of drug-likeness (QED) is 0.322. The van der Waals surface area contributed by atoms with Gasteiger partial charge in [-0.2, -0.15) is 0 Å². The molecule has 0 aromatic heterocycles. The smallest absolute Gasteiger partial charge is 0.417 e. The van der Waals surface area contributed by atoms with Crippen molar-refractivity contribution in [3.63, 3.8) is 0 Å². The van der Waals surface area contributed by atoms with E-state index in [1.807, 2.05) is 51.1 Å². The molecule has 0 bridgehead atoms. The van der Waals surface area contributed by atoms with Crippen molar-refractivity contribution >= 4 is 24.0 Å². The van der Waals surface area contributed by atoms with Crippen LogP contribution in [-0.2, 0) is 20.9 Å². The number of rotatable bonds is 11. The van der Waals surface area contributed by atoms with Crippen molar-refractivity contribution in [3.8, 4) is 0 Å². The summed E-state index contributed by atoms with van der Waals surface area (Å²) in [5.74, 6) is 0.726. The van der Waals surface area contributed by atoms with E-state index in [0.29, 0.717) is 13.0 Å². The summed E-state index contributed by atoms with van der Waals surface area (Å²) in [6.45, 7) is 5.87. The molecule has 26 heavy (non-hydrogen) atoms.